The molecule has 3 rings (SSSR count). The van der Waals surface area contributed by atoms with E-state index in [0.29, 0.717) is 34.6 Å². The third kappa shape index (κ3) is 4.24. The lowest BCUT2D eigenvalue weighted by Gasteiger charge is -2.25. The van der Waals surface area contributed by atoms with Crippen LogP contribution in [0.5, 0.6) is 5.88 Å². The molecule has 0 saturated heterocycles. The summed E-state index contributed by atoms with van der Waals surface area (Å²) < 4.78 is 41.5. The van der Waals surface area contributed by atoms with Gasteiger partial charge < -0.3 is 15.4 Å². The molecule has 1 aliphatic heterocycles. The second kappa shape index (κ2) is 7.59. The highest BCUT2D eigenvalue weighted by atomic mass is 35.5. The Morgan fingerprint density at radius 1 is 1.37 bits per heavy atom. The highest BCUT2D eigenvalue weighted by molar-refractivity contribution is 5.99. The number of pyridine rings is 2. The number of rotatable bonds is 4. The number of aromatic nitrogens is 2. The Morgan fingerprint density at radius 3 is 2.67 bits per heavy atom. The molecule has 0 aromatic carbocycles. The van der Waals surface area contributed by atoms with Gasteiger partial charge in [-0.05, 0) is 31.5 Å². The number of nitrogens with two attached hydrogens (primary N) is 1. The fraction of sp³-hybridized carbons (Fsp3) is 0.353. The minimum Gasteiger partial charge on any atom is -0.468 e. The van der Waals surface area contributed by atoms with Crippen molar-refractivity contribution < 1.29 is 22.7 Å². The van der Waals surface area contributed by atoms with Crippen molar-refractivity contribution in [2.75, 3.05) is 12.3 Å². The molecule has 10 heteroatoms. The monoisotopic (exact) mass is 402 g/mol. The lowest BCUT2D eigenvalue weighted by molar-refractivity contribution is -0.154. The number of hydrogen-bond acceptors (Lipinski definition) is 5. The summed E-state index contributed by atoms with van der Waals surface area (Å²) in [6, 6.07) is 2.96. The van der Waals surface area contributed by atoms with Gasteiger partial charge in [0, 0.05) is 29.1 Å². The van der Waals surface area contributed by atoms with Gasteiger partial charge in [-0.1, -0.05) is 0 Å². The van der Waals surface area contributed by atoms with E-state index in [1.807, 2.05) is 6.92 Å². The molecule has 0 spiro atoms. The number of anilines is 1. The first kappa shape index (κ1) is 20.8. The van der Waals surface area contributed by atoms with Crippen molar-refractivity contribution in [2.45, 2.75) is 32.6 Å². The fourth-order valence-electron chi connectivity index (χ4n) is 2.88. The smallest absolute Gasteiger partial charge is 0.422 e. The van der Waals surface area contributed by atoms with E-state index in [4.69, 9.17) is 10.5 Å². The molecule has 0 aliphatic carbocycles. The summed E-state index contributed by atoms with van der Waals surface area (Å²) in [4.78, 5) is 22.2. The summed E-state index contributed by atoms with van der Waals surface area (Å²) in [5.41, 5.74) is 8.18. The number of hydrogen-bond donors (Lipinski definition) is 1. The molecule has 0 radical (unpaired) electrons. The highest BCUT2D eigenvalue weighted by Gasteiger charge is 2.33. The summed E-state index contributed by atoms with van der Waals surface area (Å²) >= 11 is 0. The average molecular weight is 403 g/mol. The van der Waals surface area contributed by atoms with Gasteiger partial charge in [0.1, 0.15) is 5.82 Å². The van der Waals surface area contributed by atoms with Crippen LogP contribution in [-0.4, -0.2) is 33.6 Å². The zero-order chi connectivity index (χ0) is 19.1. The van der Waals surface area contributed by atoms with Crippen LogP contribution in [-0.2, 0) is 6.54 Å². The molecule has 0 fully saturated rings. The fourth-order valence-corrected chi connectivity index (χ4v) is 2.88. The van der Waals surface area contributed by atoms with Gasteiger partial charge in [-0.3, -0.25) is 4.79 Å². The third-order valence-electron chi connectivity index (χ3n) is 4.28. The van der Waals surface area contributed by atoms with E-state index in [0.717, 1.165) is 0 Å². The standard InChI is InChI=1S/C17H17F3N4O2.ClH/c1-9-5-11(6-23-15(9)26-8-17(18,19)20)10(2)24-7-13-12(16(24)25)3-4-22-14(13)21;/h3-6,10H,7-8H2,1-2H3,(H2,21,22);1H. The zero-order valence-electron chi connectivity index (χ0n) is 14.6. The van der Waals surface area contributed by atoms with Crippen LogP contribution < -0.4 is 10.5 Å². The molecule has 146 valence electrons. The van der Waals surface area contributed by atoms with Crippen LogP contribution in [0.25, 0.3) is 0 Å². The Labute approximate surface area is 160 Å². The Hall–Kier alpha value is -2.55. The molecule has 6 nitrogen and oxygen atoms in total. The third-order valence-corrected chi connectivity index (χ3v) is 4.28. The molecule has 2 N–H and O–H groups in total. The number of nitrogens with zero attached hydrogens (tertiary/aromatic N) is 3. The molecule has 27 heavy (non-hydrogen) atoms. The van der Waals surface area contributed by atoms with Gasteiger partial charge in [0.05, 0.1) is 12.6 Å². The van der Waals surface area contributed by atoms with Gasteiger partial charge >= 0.3 is 6.18 Å². The van der Waals surface area contributed by atoms with E-state index in [1.54, 1.807) is 24.0 Å². The van der Waals surface area contributed by atoms with Crippen molar-refractivity contribution in [1.29, 1.82) is 0 Å². The Morgan fingerprint density at radius 2 is 2.07 bits per heavy atom. The van der Waals surface area contributed by atoms with E-state index in [9.17, 15) is 18.0 Å². The molecule has 1 amide bonds. The SMILES string of the molecule is Cc1cc(C(C)N2Cc3c(ccnc3N)C2=O)cnc1OCC(F)(F)F.Cl. The number of ether oxygens (including phenoxy) is 1. The van der Waals surface area contributed by atoms with Gasteiger partial charge in [-0.2, -0.15) is 13.2 Å². The van der Waals surface area contributed by atoms with E-state index in [2.05, 4.69) is 9.97 Å². The summed E-state index contributed by atoms with van der Waals surface area (Å²) in [5, 5.41) is 0. The van der Waals surface area contributed by atoms with Crippen molar-refractivity contribution >= 4 is 24.1 Å². The largest absolute Gasteiger partial charge is 0.468 e. The lowest BCUT2D eigenvalue weighted by Crippen LogP contribution is -2.27. The minimum atomic E-state index is -4.43. The number of fused-ring (bicyclic) bond motifs is 1. The molecule has 1 unspecified atom stereocenters. The quantitative estimate of drug-likeness (QED) is 0.847. The summed E-state index contributed by atoms with van der Waals surface area (Å²) in [7, 11) is 0. The first-order valence-electron chi connectivity index (χ1n) is 7.88. The Balaban J connectivity index is 0.00000261. The molecular weight excluding hydrogens is 385 g/mol. The first-order chi connectivity index (χ1) is 12.2. The number of aryl methyl sites for hydroxylation is 1. The maximum absolute atomic E-state index is 12.6. The number of carbonyl (C=O) groups excluding carboxylic acids is 1. The van der Waals surface area contributed by atoms with Crippen molar-refractivity contribution in [3.8, 4) is 5.88 Å². The molecular formula is C17H18ClF3N4O2. The molecule has 0 saturated carbocycles. The maximum Gasteiger partial charge on any atom is 0.422 e. The number of alkyl halides is 3. The number of nitrogen functional groups attached to an aromatic ring is 1. The van der Waals surface area contributed by atoms with Crippen molar-refractivity contribution in [3.63, 3.8) is 0 Å². The normalized spacial score (nSPS) is 14.6. The summed E-state index contributed by atoms with van der Waals surface area (Å²) in [5.74, 6) is 0.0650. The molecule has 3 heterocycles. The first-order valence-corrected chi connectivity index (χ1v) is 7.88. The average Bonchev–Trinajstić information content (AvgIpc) is 2.91. The number of halogens is 4. The minimum absolute atomic E-state index is 0. The zero-order valence-corrected chi connectivity index (χ0v) is 15.4. The van der Waals surface area contributed by atoms with E-state index in [-0.39, 0.29) is 30.2 Å². The van der Waals surface area contributed by atoms with E-state index < -0.39 is 12.8 Å². The van der Waals surface area contributed by atoms with Gasteiger partial charge in [0.2, 0.25) is 5.88 Å². The van der Waals surface area contributed by atoms with Crippen molar-refractivity contribution in [1.82, 2.24) is 14.9 Å². The van der Waals surface area contributed by atoms with Crippen molar-refractivity contribution in [3.05, 3.63) is 46.8 Å². The topological polar surface area (TPSA) is 81.3 Å². The number of amides is 1. The predicted molar refractivity (Wildman–Crippen MR) is 94.7 cm³/mol. The number of carbonyl (C=O) groups is 1. The van der Waals surface area contributed by atoms with Crippen LogP contribution in [0.2, 0.25) is 0 Å². The van der Waals surface area contributed by atoms with E-state index >= 15 is 0 Å². The van der Waals surface area contributed by atoms with Crippen LogP contribution in [0, 0.1) is 6.92 Å². The molecule has 1 atom stereocenters. The van der Waals surface area contributed by atoms with E-state index in [1.165, 1.54) is 12.4 Å². The Bertz CT molecular complexity index is 861. The van der Waals surface area contributed by atoms with Crippen LogP contribution in [0.15, 0.2) is 24.5 Å². The summed E-state index contributed by atoms with van der Waals surface area (Å²) in [6.07, 6.45) is -1.53. The maximum atomic E-state index is 12.6. The van der Waals surface area contributed by atoms with Crippen LogP contribution in [0.1, 0.15) is 40.0 Å². The van der Waals surface area contributed by atoms with Gasteiger partial charge in [0.25, 0.3) is 5.91 Å². The summed E-state index contributed by atoms with van der Waals surface area (Å²) in [6.45, 7) is 2.35. The van der Waals surface area contributed by atoms with Gasteiger partial charge in [0.15, 0.2) is 6.61 Å². The second-order valence-electron chi connectivity index (χ2n) is 6.13. The molecule has 1 aliphatic rings. The van der Waals surface area contributed by atoms with Crippen molar-refractivity contribution in [2.24, 2.45) is 0 Å². The molecule has 0 bridgehead atoms. The Kier molecular flexibility index (Phi) is 5.84. The molecule has 2 aromatic heterocycles. The van der Waals surface area contributed by atoms with Crippen LogP contribution in [0.4, 0.5) is 19.0 Å². The van der Waals surface area contributed by atoms with Gasteiger partial charge in [-0.15, -0.1) is 12.4 Å². The molecule has 2 aromatic rings. The van der Waals surface area contributed by atoms with Crippen LogP contribution >= 0.6 is 12.4 Å². The van der Waals surface area contributed by atoms with Gasteiger partial charge in [-0.25, -0.2) is 9.97 Å². The lowest BCUT2D eigenvalue weighted by atomic mass is 10.1. The second-order valence-corrected chi connectivity index (χ2v) is 6.13. The van der Waals surface area contributed by atoms with Crippen LogP contribution in [0.3, 0.4) is 0 Å². The predicted octanol–water partition coefficient (Wildman–Crippen LogP) is 3.45. The highest BCUT2D eigenvalue weighted by Crippen LogP contribution is 2.33.